The zero-order valence-corrected chi connectivity index (χ0v) is 10.8. The van der Waals surface area contributed by atoms with Gasteiger partial charge in [0.2, 0.25) is 0 Å². The standard InChI is InChI=1S/C14H19NO3/c1-14(11-15,18-9-5-8-16)10-12-6-3-4-7-13(12)17-2/h3-4,6-7,16H,5,8-10H2,1-2H3. The van der Waals surface area contributed by atoms with Crippen LogP contribution in [-0.4, -0.2) is 31.0 Å². The van der Waals surface area contributed by atoms with Gasteiger partial charge in [0.25, 0.3) is 0 Å². The first-order valence-electron chi connectivity index (χ1n) is 5.93. The van der Waals surface area contributed by atoms with Crippen LogP contribution in [0.15, 0.2) is 24.3 Å². The lowest BCUT2D eigenvalue weighted by Crippen LogP contribution is -2.30. The van der Waals surface area contributed by atoms with Crippen molar-refractivity contribution in [3.63, 3.8) is 0 Å². The van der Waals surface area contributed by atoms with E-state index >= 15 is 0 Å². The van der Waals surface area contributed by atoms with Crippen LogP contribution in [0.3, 0.4) is 0 Å². The maximum absolute atomic E-state index is 9.23. The summed E-state index contributed by atoms with van der Waals surface area (Å²) in [5.41, 5.74) is 0.0390. The molecular formula is C14H19NO3. The van der Waals surface area contributed by atoms with Gasteiger partial charge in [0.15, 0.2) is 5.60 Å². The number of nitriles is 1. The Balaban J connectivity index is 2.75. The van der Waals surface area contributed by atoms with E-state index in [2.05, 4.69) is 6.07 Å². The summed E-state index contributed by atoms with van der Waals surface area (Å²) in [6, 6.07) is 9.75. The lowest BCUT2D eigenvalue weighted by molar-refractivity contribution is 0.00486. The molecule has 0 aromatic heterocycles. The molecule has 4 heteroatoms. The minimum Gasteiger partial charge on any atom is -0.496 e. The van der Waals surface area contributed by atoms with Crippen molar-refractivity contribution in [2.24, 2.45) is 0 Å². The van der Waals surface area contributed by atoms with Gasteiger partial charge in [0.1, 0.15) is 5.75 Å². The maximum atomic E-state index is 9.23. The summed E-state index contributed by atoms with van der Waals surface area (Å²) in [5.74, 6) is 0.754. The molecule has 0 saturated carbocycles. The Kier molecular flexibility index (Phi) is 5.63. The van der Waals surface area contributed by atoms with E-state index < -0.39 is 5.60 Å². The van der Waals surface area contributed by atoms with Crippen molar-refractivity contribution in [1.82, 2.24) is 0 Å². The molecule has 18 heavy (non-hydrogen) atoms. The van der Waals surface area contributed by atoms with Crippen molar-refractivity contribution in [3.8, 4) is 11.8 Å². The molecule has 0 bridgehead atoms. The van der Waals surface area contributed by atoms with Crippen LogP contribution < -0.4 is 4.74 Å². The van der Waals surface area contributed by atoms with Crippen LogP contribution >= 0.6 is 0 Å². The third-order valence-electron chi connectivity index (χ3n) is 2.68. The van der Waals surface area contributed by atoms with Crippen molar-refractivity contribution in [2.75, 3.05) is 20.3 Å². The Morgan fingerprint density at radius 3 is 2.72 bits per heavy atom. The van der Waals surface area contributed by atoms with E-state index in [-0.39, 0.29) is 6.61 Å². The molecule has 1 aromatic rings. The molecule has 0 amide bonds. The molecule has 98 valence electrons. The highest BCUT2D eigenvalue weighted by atomic mass is 16.5. The fourth-order valence-corrected chi connectivity index (χ4v) is 1.70. The van der Waals surface area contributed by atoms with Gasteiger partial charge in [-0.1, -0.05) is 18.2 Å². The molecule has 1 unspecified atom stereocenters. The van der Waals surface area contributed by atoms with Crippen LogP contribution in [0.1, 0.15) is 18.9 Å². The lowest BCUT2D eigenvalue weighted by atomic mass is 9.97. The Hall–Kier alpha value is -1.57. The Morgan fingerprint density at radius 2 is 2.11 bits per heavy atom. The summed E-state index contributed by atoms with van der Waals surface area (Å²) in [5, 5.41) is 18.0. The highest BCUT2D eigenvalue weighted by Crippen LogP contribution is 2.24. The van der Waals surface area contributed by atoms with Crippen LogP contribution in [-0.2, 0) is 11.2 Å². The monoisotopic (exact) mass is 249 g/mol. The van der Waals surface area contributed by atoms with Crippen LogP contribution in [0.4, 0.5) is 0 Å². The van der Waals surface area contributed by atoms with Crippen LogP contribution in [0.2, 0.25) is 0 Å². The van der Waals surface area contributed by atoms with E-state index in [0.717, 1.165) is 11.3 Å². The summed E-state index contributed by atoms with van der Waals surface area (Å²) in [7, 11) is 1.61. The number of aliphatic hydroxyl groups is 1. The molecule has 0 fully saturated rings. The van der Waals surface area contributed by atoms with E-state index in [9.17, 15) is 5.26 Å². The summed E-state index contributed by atoms with van der Waals surface area (Å²) in [6.45, 7) is 2.18. The van der Waals surface area contributed by atoms with E-state index in [1.165, 1.54) is 0 Å². The highest BCUT2D eigenvalue weighted by molar-refractivity contribution is 5.35. The zero-order valence-electron chi connectivity index (χ0n) is 10.8. The lowest BCUT2D eigenvalue weighted by Gasteiger charge is -2.23. The van der Waals surface area contributed by atoms with Crippen molar-refractivity contribution < 1.29 is 14.6 Å². The van der Waals surface area contributed by atoms with Gasteiger partial charge < -0.3 is 14.6 Å². The number of methoxy groups -OCH3 is 1. The number of hydrogen-bond donors (Lipinski definition) is 1. The third-order valence-corrected chi connectivity index (χ3v) is 2.68. The number of ether oxygens (including phenoxy) is 2. The Bertz CT molecular complexity index is 414. The molecule has 0 aliphatic heterocycles. The van der Waals surface area contributed by atoms with Gasteiger partial charge in [-0.15, -0.1) is 0 Å². The van der Waals surface area contributed by atoms with Crippen molar-refractivity contribution in [2.45, 2.75) is 25.4 Å². The minimum atomic E-state index is -0.899. The number of nitrogens with zero attached hydrogens (tertiary/aromatic N) is 1. The zero-order chi connectivity index (χ0) is 13.4. The predicted molar refractivity (Wildman–Crippen MR) is 68.4 cm³/mol. The number of benzene rings is 1. The normalized spacial score (nSPS) is 13.7. The molecule has 0 spiro atoms. The molecule has 1 rings (SSSR count). The maximum Gasteiger partial charge on any atom is 0.155 e. The molecule has 4 nitrogen and oxygen atoms in total. The Morgan fingerprint density at radius 1 is 1.39 bits per heavy atom. The summed E-state index contributed by atoms with van der Waals surface area (Å²) >= 11 is 0. The van der Waals surface area contributed by atoms with Crippen LogP contribution in [0.25, 0.3) is 0 Å². The summed E-state index contributed by atoms with van der Waals surface area (Å²) in [6.07, 6.45) is 0.988. The van der Waals surface area contributed by atoms with Gasteiger partial charge in [-0.05, 0) is 25.0 Å². The first-order chi connectivity index (χ1) is 8.65. The van der Waals surface area contributed by atoms with Gasteiger partial charge >= 0.3 is 0 Å². The second kappa shape index (κ2) is 7.00. The molecule has 0 saturated heterocycles. The average Bonchev–Trinajstić information content (AvgIpc) is 2.40. The van der Waals surface area contributed by atoms with Crippen molar-refractivity contribution in [3.05, 3.63) is 29.8 Å². The van der Waals surface area contributed by atoms with Gasteiger partial charge in [0, 0.05) is 13.0 Å². The smallest absolute Gasteiger partial charge is 0.155 e. The van der Waals surface area contributed by atoms with E-state index in [0.29, 0.717) is 19.4 Å². The second-order valence-corrected chi connectivity index (χ2v) is 4.26. The van der Waals surface area contributed by atoms with Crippen molar-refractivity contribution >= 4 is 0 Å². The molecule has 1 aromatic carbocycles. The SMILES string of the molecule is COc1ccccc1CC(C)(C#N)OCCCO. The van der Waals surface area contributed by atoms with E-state index in [1.807, 2.05) is 24.3 Å². The first-order valence-corrected chi connectivity index (χ1v) is 5.93. The van der Waals surface area contributed by atoms with Gasteiger partial charge in [-0.25, -0.2) is 0 Å². The highest BCUT2D eigenvalue weighted by Gasteiger charge is 2.26. The number of aliphatic hydroxyl groups excluding tert-OH is 1. The average molecular weight is 249 g/mol. The minimum absolute atomic E-state index is 0.0656. The van der Waals surface area contributed by atoms with Crippen LogP contribution in [0, 0.1) is 11.3 Å². The van der Waals surface area contributed by atoms with E-state index in [1.54, 1.807) is 14.0 Å². The predicted octanol–water partition coefficient (Wildman–Crippen LogP) is 1.92. The van der Waals surface area contributed by atoms with E-state index in [4.69, 9.17) is 14.6 Å². The molecule has 0 radical (unpaired) electrons. The number of para-hydroxylation sites is 1. The van der Waals surface area contributed by atoms with Crippen LogP contribution in [0.5, 0.6) is 5.75 Å². The molecule has 1 N–H and O–H groups in total. The molecule has 0 aliphatic rings. The van der Waals surface area contributed by atoms with Gasteiger partial charge in [0.05, 0.1) is 19.8 Å². The van der Waals surface area contributed by atoms with Crippen molar-refractivity contribution in [1.29, 1.82) is 5.26 Å². The number of hydrogen-bond acceptors (Lipinski definition) is 4. The largest absolute Gasteiger partial charge is 0.496 e. The Labute approximate surface area is 108 Å². The fourth-order valence-electron chi connectivity index (χ4n) is 1.70. The van der Waals surface area contributed by atoms with Gasteiger partial charge in [-0.2, -0.15) is 5.26 Å². The molecule has 0 aliphatic carbocycles. The summed E-state index contributed by atoms with van der Waals surface area (Å²) in [4.78, 5) is 0. The number of rotatable bonds is 7. The topological polar surface area (TPSA) is 62.5 Å². The third kappa shape index (κ3) is 4.02. The second-order valence-electron chi connectivity index (χ2n) is 4.26. The molecular weight excluding hydrogens is 230 g/mol. The summed E-state index contributed by atoms with van der Waals surface area (Å²) < 4.78 is 10.8. The fraction of sp³-hybridized carbons (Fsp3) is 0.500. The first kappa shape index (κ1) is 14.5. The van der Waals surface area contributed by atoms with Gasteiger partial charge in [-0.3, -0.25) is 0 Å². The molecule has 0 heterocycles. The molecule has 1 atom stereocenters. The quantitative estimate of drug-likeness (QED) is 0.750.